The summed E-state index contributed by atoms with van der Waals surface area (Å²) in [5.41, 5.74) is 5.85. The van der Waals surface area contributed by atoms with Crippen LogP contribution in [0.4, 0.5) is 0 Å². The maximum Gasteiger partial charge on any atom is 0.269 e. The van der Waals surface area contributed by atoms with Crippen LogP contribution >= 0.6 is 0 Å². The fourth-order valence-electron chi connectivity index (χ4n) is 1.91. The number of carbonyl (C=O) groups excluding carboxylic acids is 2. The third-order valence-corrected chi connectivity index (χ3v) is 3.14. The number of rotatable bonds is 5. The highest BCUT2D eigenvalue weighted by Gasteiger charge is 2.10. The smallest absolute Gasteiger partial charge is 0.269 e. The number of nitrogens with one attached hydrogen (secondary N) is 2. The van der Waals surface area contributed by atoms with Gasteiger partial charge in [0, 0.05) is 17.7 Å². The predicted molar refractivity (Wildman–Crippen MR) is 90.6 cm³/mol. The quantitative estimate of drug-likeness (QED) is 0.652. The first-order chi connectivity index (χ1) is 11.6. The van der Waals surface area contributed by atoms with Crippen LogP contribution in [-0.4, -0.2) is 26.0 Å². The van der Waals surface area contributed by atoms with E-state index >= 15 is 0 Å². The van der Waals surface area contributed by atoms with Gasteiger partial charge in [-0.2, -0.15) is 0 Å². The third-order valence-electron chi connectivity index (χ3n) is 3.14. The van der Waals surface area contributed by atoms with E-state index in [0.29, 0.717) is 17.1 Å². The van der Waals surface area contributed by atoms with Crippen LogP contribution in [0.25, 0.3) is 6.08 Å². The molecule has 0 saturated carbocycles. The van der Waals surface area contributed by atoms with E-state index in [4.69, 9.17) is 9.47 Å². The lowest BCUT2D eigenvalue weighted by Crippen LogP contribution is -2.40. The number of hydrazine groups is 1. The monoisotopic (exact) mass is 326 g/mol. The lowest BCUT2D eigenvalue weighted by atomic mass is 10.2. The molecule has 6 nitrogen and oxygen atoms in total. The number of hydrogen-bond donors (Lipinski definition) is 2. The van der Waals surface area contributed by atoms with Crippen molar-refractivity contribution in [2.24, 2.45) is 0 Å². The van der Waals surface area contributed by atoms with Gasteiger partial charge in [0.1, 0.15) is 11.5 Å². The first kappa shape index (κ1) is 17.1. The molecule has 124 valence electrons. The highest BCUT2D eigenvalue weighted by Crippen LogP contribution is 2.22. The second-order valence-corrected chi connectivity index (χ2v) is 4.79. The van der Waals surface area contributed by atoms with Crippen molar-refractivity contribution in [2.75, 3.05) is 14.2 Å². The van der Waals surface area contributed by atoms with Gasteiger partial charge in [-0.25, -0.2) is 0 Å². The zero-order valence-electron chi connectivity index (χ0n) is 13.4. The molecular formula is C18H18N2O4. The van der Waals surface area contributed by atoms with E-state index in [1.54, 1.807) is 24.3 Å². The molecule has 6 heteroatoms. The summed E-state index contributed by atoms with van der Waals surface area (Å²) in [6.45, 7) is 0. The first-order valence-electron chi connectivity index (χ1n) is 7.19. The Kier molecular flexibility index (Phi) is 5.96. The number of ether oxygens (including phenoxy) is 2. The van der Waals surface area contributed by atoms with Gasteiger partial charge in [0.2, 0.25) is 0 Å². The minimum atomic E-state index is -0.478. The molecule has 0 bridgehead atoms. The van der Waals surface area contributed by atoms with Crippen molar-refractivity contribution in [3.63, 3.8) is 0 Å². The van der Waals surface area contributed by atoms with Crippen LogP contribution in [0.1, 0.15) is 15.9 Å². The molecule has 0 radical (unpaired) electrons. The minimum Gasteiger partial charge on any atom is -0.497 e. The third kappa shape index (κ3) is 4.88. The highest BCUT2D eigenvalue weighted by molar-refractivity contribution is 5.98. The zero-order valence-corrected chi connectivity index (χ0v) is 13.4. The standard InChI is InChI=1S/C18H18N2O4/c1-23-15-10-14(11-16(12-15)24-2)18(22)20-19-17(21)9-8-13-6-4-3-5-7-13/h3-12H,1-2H3,(H,19,21)(H,20,22)/b9-8-. The van der Waals surface area contributed by atoms with E-state index in [0.717, 1.165) is 5.56 Å². The predicted octanol–water partition coefficient (Wildman–Crippen LogP) is 2.18. The fourth-order valence-corrected chi connectivity index (χ4v) is 1.91. The Bertz CT molecular complexity index is 720. The van der Waals surface area contributed by atoms with E-state index in [1.165, 1.54) is 20.3 Å². The lowest BCUT2D eigenvalue weighted by Gasteiger charge is -2.09. The Morgan fingerprint density at radius 2 is 1.54 bits per heavy atom. The Balaban J connectivity index is 1.95. The summed E-state index contributed by atoms with van der Waals surface area (Å²) in [5, 5.41) is 0. The molecule has 0 saturated heterocycles. The topological polar surface area (TPSA) is 76.7 Å². The second kappa shape index (κ2) is 8.38. The van der Waals surface area contributed by atoms with Crippen LogP contribution in [0.15, 0.2) is 54.6 Å². The van der Waals surface area contributed by atoms with Gasteiger partial charge in [-0.15, -0.1) is 0 Å². The van der Waals surface area contributed by atoms with E-state index in [9.17, 15) is 9.59 Å². The Morgan fingerprint density at radius 1 is 0.917 bits per heavy atom. The molecule has 0 unspecified atom stereocenters. The summed E-state index contributed by atoms with van der Waals surface area (Å²) in [4.78, 5) is 23.8. The van der Waals surface area contributed by atoms with Gasteiger partial charge in [0.15, 0.2) is 0 Å². The Morgan fingerprint density at radius 3 is 2.12 bits per heavy atom. The molecule has 2 aromatic rings. The van der Waals surface area contributed by atoms with Crippen molar-refractivity contribution < 1.29 is 19.1 Å². The van der Waals surface area contributed by atoms with E-state index in [-0.39, 0.29) is 0 Å². The molecule has 2 N–H and O–H groups in total. The largest absolute Gasteiger partial charge is 0.497 e. The summed E-state index contributed by atoms with van der Waals surface area (Å²) in [5.74, 6) is 0.0420. The molecule has 0 aliphatic carbocycles. The zero-order chi connectivity index (χ0) is 17.4. The van der Waals surface area contributed by atoms with Crippen LogP contribution in [0, 0.1) is 0 Å². The molecule has 0 heterocycles. The van der Waals surface area contributed by atoms with E-state index in [2.05, 4.69) is 10.9 Å². The summed E-state index contributed by atoms with van der Waals surface area (Å²) < 4.78 is 10.2. The van der Waals surface area contributed by atoms with Gasteiger partial charge in [-0.05, 0) is 23.8 Å². The van der Waals surface area contributed by atoms with Gasteiger partial charge in [0.25, 0.3) is 11.8 Å². The maximum atomic E-state index is 12.1. The maximum absolute atomic E-state index is 12.1. The fraction of sp³-hybridized carbons (Fsp3) is 0.111. The van der Waals surface area contributed by atoms with Crippen molar-refractivity contribution >= 4 is 17.9 Å². The van der Waals surface area contributed by atoms with Crippen LogP contribution in [0.5, 0.6) is 11.5 Å². The SMILES string of the molecule is COc1cc(OC)cc(C(=O)NNC(=O)/C=C\c2ccccc2)c1. The number of benzene rings is 2. The molecular weight excluding hydrogens is 308 g/mol. The summed E-state index contributed by atoms with van der Waals surface area (Å²) in [6.07, 6.45) is 2.98. The van der Waals surface area contributed by atoms with Crippen LogP contribution in [0.2, 0.25) is 0 Å². The second-order valence-electron chi connectivity index (χ2n) is 4.79. The number of carbonyl (C=O) groups is 2. The van der Waals surface area contributed by atoms with Crippen molar-refractivity contribution in [2.45, 2.75) is 0 Å². The van der Waals surface area contributed by atoms with Crippen molar-refractivity contribution in [3.05, 3.63) is 65.7 Å². The Hall–Kier alpha value is -3.28. The van der Waals surface area contributed by atoms with Crippen LogP contribution in [-0.2, 0) is 4.79 Å². The average Bonchev–Trinajstić information content (AvgIpc) is 2.64. The number of hydrogen-bond acceptors (Lipinski definition) is 4. The molecule has 2 aromatic carbocycles. The van der Waals surface area contributed by atoms with Crippen molar-refractivity contribution in [1.82, 2.24) is 10.9 Å². The molecule has 0 fully saturated rings. The Labute approximate surface area is 140 Å². The van der Waals surface area contributed by atoms with E-state index < -0.39 is 11.8 Å². The molecule has 2 rings (SSSR count). The molecule has 24 heavy (non-hydrogen) atoms. The van der Waals surface area contributed by atoms with Gasteiger partial charge in [0.05, 0.1) is 14.2 Å². The van der Waals surface area contributed by atoms with Gasteiger partial charge in [-0.3, -0.25) is 20.4 Å². The molecule has 0 aromatic heterocycles. The normalized spacial score (nSPS) is 10.2. The number of methoxy groups -OCH3 is 2. The summed E-state index contributed by atoms with van der Waals surface area (Å²) >= 11 is 0. The van der Waals surface area contributed by atoms with Gasteiger partial charge in [-0.1, -0.05) is 30.3 Å². The van der Waals surface area contributed by atoms with Crippen molar-refractivity contribution in [1.29, 1.82) is 0 Å². The molecule has 0 spiro atoms. The molecule has 0 aliphatic heterocycles. The molecule has 2 amide bonds. The van der Waals surface area contributed by atoms with Crippen LogP contribution in [0.3, 0.4) is 0 Å². The first-order valence-corrected chi connectivity index (χ1v) is 7.19. The molecule has 0 atom stereocenters. The van der Waals surface area contributed by atoms with Gasteiger partial charge < -0.3 is 9.47 Å². The average molecular weight is 326 g/mol. The molecule has 0 aliphatic rings. The summed E-state index contributed by atoms with van der Waals surface area (Å²) in [6, 6.07) is 14.1. The number of amides is 2. The van der Waals surface area contributed by atoms with Crippen LogP contribution < -0.4 is 20.3 Å². The summed E-state index contributed by atoms with van der Waals surface area (Å²) in [7, 11) is 2.99. The van der Waals surface area contributed by atoms with E-state index in [1.807, 2.05) is 30.3 Å². The van der Waals surface area contributed by atoms with Gasteiger partial charge >= 0.3 is 0 Å². The van der Waals surface area contributed by atoms with Crippen molar-refractivity contribution in [3.8, 4) is 11.5 Å². The minimum absolute atomic E-state index is 0.304. The lowest BCUT2D eigenvalue weighted by molar-refractivity contribution is -0.117. The highest BCUT2D eigenvalue weighted by atomic mass is 16.5.